The molecule has 1 aliphatic rings. The van der Waals surface area contributed by atoms with Crippen molar-refractivity contribution >= 4 is 21.6 Å². The molecular weight excluding hydrogens is 326 g/mol. The fourth-order valence-electron chi connectivity index (χ4n) is 3.19. The summed E-state index contributed by atoms with van der Waals surface area (Å²) in [6.07, 6.45) is 2.59. The summed E-state index contributed by atoms with van der Waals surface area (Å²) in [5.41, 5.74) is 2.78. The molecule has 21 heavy (non-hydrogen) atoms. The van der Waals surface area contributed by atoms with Gasteiger partial charge in [-0.05, 0) is 70.6 Å². The number of nitrogens with one attached hydrogen (secondary N) is 1. The Kier molecular flexibility index (Phi) is 6.08. The first kappa shape index (κ1) is 16.8. The summed E-state index contributed by atoms with van der Waals surface area (Å²) >= 11 is 3.60. The molecule has 1 atom stereocenters. The number of rotatable bonds is 5. The number of benzene rings is 1. The molecule has 1 heterocycles. The van der Waals surface area contributed by atoms with Crippen molar-refractivity contribution in [1.82, 2.24) is 10.2 Å². The van der Waals surface area contributed by atoms with Crippen LogP contribution in [0.15, 0.2) is 22.7 Å². The Bertz CT molecular complexity index is 453. The standard InChI is InChI=1S/C17H28BrN3/c1-13(19-2)16-11-15(18)5-6-17(16)21-9-7-14(8-10-21)12-20(3)4/h5-6,11,13-14,19H,7-10,12H2,1-4H3. The zero-order valence-corrected chi connectivity index (χ0v) is 15.3. The molecule has 0 amide bonds. The molecular formula is C17H28BrN3. The second kappa shape index (κ2) is 7.61. The lowest BCUT2D eigenvalue weighted by molar-refractivity contribution is 0.285. The number of hydrogen-bond acceptors (Lipinski definition) is 3. The highest BCUT2D eigenvalue weighted by Crippen LogP contribution is 2.32. The summed E-state index contributed by atoms with van der Waals surface area (Å²) in [6, 6.07) is 7.05. The third kappa shape index (κ3) is 4.44. The molecule has 0 radical (unpaired) electrons. The van der Waals surface area contributed by atoms with E-state index in [-0.39, 0.29) is 0 Å². The van der Waals surface area contributed by atoms with E-state index in [0.29, 0.717) is 6.04 Å². The molecule has 1 N–H and O–H groups in total. The minimum Gasteiger partial charge on any atom is -0.371 e. The largest absolute Gasteiger partial charge is 0.371 e. The lowest BCUT2D eigenvalue weighted by atomic mass is 9.95. The Morgan fingerprint density at radius 2 is 2.00 bits per heavy atom. The van der Waals surface area contributed by atoms with Crippen LogP contribution in [0, 0.1) is 5.92 Å². The molecule has 1 aromatic rings. The van der Waals surface area contributed by atoms with Gasteiger partial charge in [-0.2, -0.15) is 0 Å². The van der Waals surface area contributed by atoms with Crippen LogP contribution in [0.1, 0.15) is 31.4 Å². The Labute approximate surface area is 137 Å². The van der Waals surface area contributed by atoms with Gasteiger partial charge < -0.3 is 15.1 Å². The van der Waals surface area contributed by atoms with E-state index in [1.54, 1.807) is 0 Å². The normalized spacial score (nSPS) is 18.3. The van der Waals surface area contributed by atoms with Gasteiger partial charge in [-0.3, -0.25) is 0 Å². The van der Waals surface area contributed by atoms with Crippen molar-refractivity contribution in [3.05, 3.63) is 28.2 Å². The van der Waals surface area contributed by atoms with E-state index in [4.69, 9.17) is 0 Å². The van der Waals surface area contributed by atoms with E-state index >= 15 is 0 Å². The van der Waals surface area contributed by atoms with Gasteiger partial charge in [0.25, 0.3) is 0 Å². The summed E-state index contributed by atoms with van der Waals surface area (Å²) in [4.78, 5) is 4.87. The summed E-state index contributed by atoms with van der Waals surface area (Å²) in [5.74, 6) is 0.844. The number of anilines is 1. The summed E-state index contributed by atoms with van der Waals surface area (Å²) in [6.45, 7) is 5.78. The van der Waals surface area contributed by atoms with Crippen molar-refractivity contribution in [3.8, 4) is 0 Å². The lowest BCUT2D eigenvalue weighted by Crippen LogP contribution is -2.37. The van der Waals surface area contributed by atoms with Crippen molar-refractivity contribution in [2.45, 2.75) is 25.8 Å². The SMILES string of the molecule is CNC(C)c1cc(Br)ccc1N1CCC(CN(C)C)CC1. The highest BCUT2D eigenvalue weighted by Gasteiger charge is 2.22. The zero-order chi connectivity index (χ0) is 15.4. The lowest BCUT2D eigenvalue weighted by Gasteiger charge is -2.36. The molecule has 1 fully saturated rings. The van der Waals surface area contributed by atoms with E-state index < -0.39 is 0 Å². The third-order valence-corrected chi connectivity index (χ3v) is 4.96. The maximum atomic E-state index is 3.60. The highest BCUT2D eigenvalue weighted by molar-refractivity contribution is 9.10. The Hall–Kier alpha value is -0.580. The van der Waals surface area contributed by atoms with Crippen LogP contribution in [-0.2, 0) is 0 Å². The van der Waals surface area contributed by atoms with Crippen molar-refractivity contribution in [2.75, 3.05) is 45.7 Å². The van der Waals surface area contributed by atoms with Crippen LogP contribution in [0.2, 0.25) is 0 Å². The molecule has 0 aliphatic carbocycles. The van der Waals surface area contributed by atoms with Gasteiger partial charge in [0.2, 0.25) is 0 Å². The average Bonchev–Trinajstić information content (AvgIpc) is 2.47. The fourth-order valence-corrected chi connectivity index (χ4v) is 3.57. The van der Waals surface area contributed by atoms with Gasteiger partial charge >= 0.3 is 0 Å². The number of piperidine rings is 1. The van der Waals surface area contributed by atoms with Gasteiger partial charge in [0.05, 0.1) is 0 Å². The average molecular weight is 354 g/mol. The molecule has 1 aliphatic heterocycles. The molecule has 1 aromatic carbocycles. The predicted molar refractivity (Wildman–Crippen MR) is 95.1 cm³/mol. The summed E-state index contributed by atoms with van der Waals surface area (Å²) < 4.78 is 1.16. The minimum absolute atomic E-state index is 0.372. The minimum atomic E-state index is 0.372. The monoisotopic (exact) mass is 353 g/mol. The van der Waals surface area contributed by atoms with Gasteiger partial charge in [0.15, 0.2) is 0 Å². The fraction of sp³-hybridized carbons (Fsp3) is 0.647. The summed E-state index contributed by atoms with van der Waals surface area (Å²) in [5, 5.41) is 3.37. The van der Waals surface area contributed by atoms with Crippen LogP contribution in [0.3, 0.4) is 0 Å². The van der Waals surface area contributed by atoms with Crippen LogP contribution in [0.4, 0.5) is 5.69 Å². The van der Waals surface area contributed by atoms with Crippen LogP contribution in [0.5, 0.6) is 0 Å². The Morgan fingerprint density at radius 1 is 1.33 bits per heavy atom. The Morgan fingerprint density at radius 3 is 2.57 bits per heavy atom. The van der Waals surface area contributed by atoms with Crippen LogP contribution in [-0.4, -0.2) is 45.7 Å². The van der Waals surface area contributed by atoms with Crippen LogP contribution < -0.4 is 10.2 Å². The first-order valence-electron chi connectivity index (χ1n) is 7.87. The van der Waals surface area contributed by atoms with Gasteiger partial charge in [-0.15, -0.1) is 0 Å². The van der Waals surface area contributed by atoms with E-state index in [0.717, 1.165) is 10.4 Å². The molecule has 0 saturated carbocycles. The molecule has 0 spiro atoms. The first-order chi connectivity index (χ1) is 10.0. The van der Waals surface area contributed by atoms with Crippen molar-refractivity contribution in [1.29, 1.82) is 0 Å². The molecule has 1 saturated heterocycles. The number of halogens is 1. The number of nitrogens with zero attached hydrogens (tertiary/aromatic N) is 2. The maximum Gasteiger partial charge on any atom is 0.0415 e. The zero-order valence-electron chi connectivity index (χ0n) is 13.7. The van der Waals surface area contributed by atoms with Gasteiger partial charge in [-0.25, -0.2) is 0 Å². The topological polar surface area (TPSA) is 18.5 Å². The van der Waals surface area contributed by atoms with Gasteiger partial charge in [0, 0.05) is 35.8 Å². The first-order valence-corrected chi connectivity index (χ1v) is 8.67. The third-order valence-electron chi connectivity index (χ3n) is 4.47. The van der Waals surface area contributed by atoms with Crippen molar-refractivity contribution < 1.29 is 0 Å². The quantitative estimate of drug-likeness (QED) is 0.873. The van der Waals surface area contributed by atoms with Crippen molar-refractivity contribution in [2.24, 2.45) is 5.92 Å². The molecule has 0 bridgehead atoms. The van der Waals surface area contributed by atoms with Gasteiger partial charge in [-0.1, -0.05) is 15.9 Å². The predicted octanol–water partition coefficient (Wildman–Crippen LogP) is 3.51. The van der Waals surface area contributed by atoms with E-state index in [1.807, 2.05) is 7.05 Å². The highest BCUT2D eigenvalue weighted by atomic mass is 79.9. The molecule has 118 valence electrons. The van der Waals surface area contributed by atoms with Gasteiger partial charge in [0.1, 0.15) is 0 Å². The van der Waals surface area contributed by atoms with E-state index in [2.05, 4.69) is 70.3 Å². The van der Waals surface area contributed by atoms with Crippen LogP contribution >= 0.6 is 15.9 Å². The molecule has 2 rings (SSSR count). The molecule has 4 heteroatoms. The molecule has 1 unspecified atom stereocenters. The van der Waals surface area contributed by atoms with Crippen LogP contribution in [0.25, 0.3) is 0 Å². The smallest absolute Gasteiger partial charge is 0.0415 e. The second-order valence-corrected chi connectivity index (χ2v) is 7.32. The summed E-state index contributed by atoms with van der Waals surface area (Å²) in [7, 11) is 6.38. The van der Waals surface area contributed by atoms with E-state index in [1.165, 1.54) is 43.7 Å². The van der Waals surface area contributed by atoms with E-state index in [9.17, 15) is 0 Å². The number of hydrogen-bond donors (Lipinski definition) is 1. The Balaban J connectivity index is 2.09. The van der Waals surface area contributed by atoms with Crippen molar-refractivity contribution in [3.63, 3.8) is 0 Å². The maximum absolute atomic E-state index is 3.60. The molecule has 0 aromatic heterocycles. The molecule has 3 nitrogen and oxygen atoms in total. The second-order valence-electron chi connectivity index (χ2n) is 6.41.